The standard InChI is InChI=1S/C11H11ClF3N3O2/c12-6-3-5(11(13,14)15)4-17-10(6)18-7-1-2-20-8(7)9(16)19/h3-4,7-8H,1-2H2,(H2,16,19)(H,17,18)/t7-,8+/m0/s1. The minimum atomic E-state index is -4.51. The molecule has 0 aromatic carbocycles. The summed E-state index contributed by atoms with van der Waals surface area (Å²) in [6, 6.07) is 0.306. The molecule has 1 aliphatic rings. The molecule has 2 heterocycles. The van der Waals surface area contributed by atoms with Crippen molar-refractivity contribution in [1.82, 2.24) is 4.98 Å². The molecule has 9 heteroatoms. The van der Waals surface area contributed by atoms with Crippen LogP contribution in [0.3, 0.4) is 0 Å². The lowest BCUT2D eigenvalue weighted by atomic mass is 10.1. The Kier molecular flexibility index (Phi) is 4.05. The van der Waals surface area contributed by atoms with Crippen LogP contribution in [0.25, 0.3) is 0 Å². The number of ether oxygens (including phenoxy) is 1. The number of carbonyl (C=O) groups excluding carboxylic acids is 1. The average Bonchev–Trinajstić information content (AvgIpc) is 2.78. The quantitative estimate of drug-likeness (QED) is 0.892. The fraction of sp³-hybridized carbons (Fsp3) is 0.455. The van der Waals surface area contributed by atoms with E-state index in [1.165, 1.54) is 0 Å². The Labute approximate surface area is 117 Å². The number of halogens is 4. The van der Waals surface area contributed by atoms with E-state index in [-0.39, 0.29) is 10.8 Å². The number of rotatable bonds is 3. The third-order valence-electron chi connectivity index (χ3n) is 2.86. The third-order valence-corrected chi connectivity index (χ3v) is 3.15. The maximum atomic E-state index is 12.5. The van der Waals surface area contributed by atoms with E-state index in [1.807, 2.05) is 0 Å². The van der Waals surface area contributed by atoms with Gasteiger partial charge < -0.3 is 15.8 Å². The van der Waals surface area contributed by atoms with Crippen LogP contribution in [0.1, 0.15) is 12.0 Å². The summed E-state index contributed by atoms with van der Waals surface area (Å²) in [6.45, 7) is 0.323. The van der Waals surface area contributed by atoms with Crippen molar-refractivity contribution in [3.8, 4) is 0 Å². The molecule has 1 aromatic rings. The fourth-order valence-electron chi connectivity index (χ4n) is 1.89. The monoisotopic (exact) mass is 309 g/mol. The topological polar surface area (TPSA) is 77.2 Å². The molecule has 1 amide bonds. The Balaban J connectivity index is 2.16. The highest BCUT2D eigenvalue weighted by molar-refractivity contribution is 6.33. The van der Waals surface area contributed by atoms with Crippen molar-refractivity contribution in [2.75, 3.05) is 11.9 Å². The van der Waals surface area contributed by atoms with Crippen LogP contribution in [0.4, 0.5) is 19.0 Å². The largest absolute Gasteiger partial charge is 0.417 e. The summed E-state index contributed by atoms with van der Waals surface area (Å²) >= 11 is 5.76. The molecule has 110 valence electrons. The molecule has 1 aliphatic heterocycles. The van der Waals surface area contributed by atoms with Gasteiger partial charge in [0.15, 0.2) is 6.10 Å². The number of nitrogens with zero attached hydrogens (tertiary/aromatic N) is 1. The van der Waals surface area contributed by atoms with E-state index in [2.05, 4.69) is 10.3 Å². The normalized spacial score (nSPS) is 22.8. The summed E-state index contributed by atoms with van der Waals surface area (Å²) in [4.78, 5) is 14.8. The zero-order valence-electron chi connectivity index (χ0n) is 10.1. The molecule has 2 atom stereocenters. The SMILES string of the molecule is NC(=O)[C@@H]1OCC[C@@H]1Nc1ncc(C(F)(F)F)cc1Cl. The first-order chi connectivity index (χ1) is 9.29. The van der Waals surface area contributed by atoms with Gasteiger partial charge in [0.05, 0.1) is 16.6 Å². The van der Waals surface area contributed by atoms with Crippen LogP contribution in [0, 0.1) is 0 Å². The molecule has 1 saturated heterocycles. The van der Waals surface area contributed by atoms with Gasteiger partial charge in [-0.15, -0.1) is 0 Å². The Bertz CT molecular complexity index is 524. The van der Waals surface area contributed by atoms with E-state index >= 15 is 0 Å². The summed E-state index contributed by atoms with van der Waals surface area (Å²) in [5.41, 5.74) is 4.21. The lowest BCUT2D eigenvalue weighted by molar-refractivity contribution is -0.137. The highest BCUT2D eigenvalue weighted by Gasteiger charge is 2.34. The summed E-state index contributed by atoms with van der Waals surface area (Å²) in [5.74, 6) is -0.593. The molecule has 0 bridgehead atoms. The molecule has 20 heavy (non-hydrogen) atoms. The summed E-state index contributed by atoms with van der Waals surface area (Å²) in [5, 5.41) is 2.60. The van der Waals surface area contributed by atoms with Crippen molar-refractivity contribution in [2.45, 2.75) is 24.7 Å². The lowest BCUT2D eigenvalue weighted by Gasteiger charge is -2.18. The first-order valence-electron chi connectivity index (χ1n) is 5.69. The van der Waals surface area contributed by atoms with Gasteiger partial charge in [0.2, 0.25) is 5.91 Å². The number of nitrogens with one attached hydrogen (secondary N) is 1. The highest BCUT2D eigenvalue weighted by Crippen LogP contribution is 2.33. The Morgan fingerprint density at radius 2 is 2.25 bits per heavy atom. The van der Waals surface area contributed by atoms with E-state index < -0.39 is 29.8 Å². The molecule has 0 radical (unpaired) electrons. The Morgan fingerprint density at radius 1 is 1.55 bits per heavy atom. The van der Waals surface area contributed by atoms with Crippen molar-refractivity contribution in [2.24, 2.45) is 5.73 Å². The van der Waals surface area contributed by atoms with Gasteiger partial charge in [0.25, 0.3) is 0 Å². The van der Waals surface area contributed by atoms with E-state index in [0.29, 0.717) is 19.2 Å². The number of primary amides is 1. The lowest BCUT2D eigenvalue weighted by Crippen LogP contribution is -2.40. The van der Waals surface area contributed by atoms with E-state index in [9.17, 15) is 18.0 Å². The van der Waals surface area contributed by atoms with Crippen molar-refractivity contribution >= 4 is 23.3 Å². The van der Waals surface area contributed by atoms with Gasteiger partial charge >= 0.3 is 6.18 Å². The summed E-state index contributed by atoms with van der Waals surface area (Å²) in [6.07, 6.45) is -4.22. The number of anilines is 1. The first kappa shape index (κ1) is 14.9. The van der Waals surface area contributed by atoms with Crippen LogP contribution in [0.5, 0.6) is 0 Å². The average molecular weight is 310 g/mol. The predicted molar refractivity (Wildman–Crippen MR) is 65.2 cm³/mol. The number of alkyl halides is 3. The fourth-order valence-corrected chi connectivity index (χ4v) is 2.11. The maximum Gasteiger partial charge on any atom is 0.417 e. The predicted octanol–water partition coefficient (Wildman–Crippen LogP) is 1.81. The van der Waals surface area contributed by atoms with E-state index in [0.717, 1.165) is 6.07 Å². The van der Waals surface area contributed by atoms with Crippen LogP contribution in [-0.2, 0) is 15.7 Å². The molecule has 0 spiro atoms. The zero-order valence-corrected chi connectivity index (χ0v) is 10.8. The van der Waals surface area contributed by atoms with Crippen LogP contribution >= 0.6 is 11.6 Å². The number of hydrogen-bond acceptors (Lipinski definition) is 4. The van der Waals surface area contributed by atoms with Crippen LogP contribution < -0.4 is 11.1 Å². The van der Waals surface area contributed by atoms with Crippen molar-refractivity contribution in [1.29, 1.82) is 0 Å². The van der Waals surface area contributed by atoms with Crippen LogP contribution in [-0.4, -0.2) is 29.6 Å². The minimum Gasteiger partial charge on any atom is -0.367 e. The molecule has 0 unspecified atom stereocenters. The molecule has 5 nitrogen and oxygen atoms in total. The first-order valence-corrected chi connectivity index (χ1v) is 6.07. The number of aromatic nitrogens is 1. The molecule has 3 N–H and O–H groups in total. The van der Waals surface area contributed by atoms with Gasteiger partial charge in [0.1, 0.15) is 5.82 Å². The van der Waals surface area contributed by atoms with Crippen molar-refractivity contribution in [3.05, 3.63) is 22.8 Å². The Morgan fingerprint density at radius 3 is 2.80 bits per heavy atom. The molecule has 0 aliphatic carbocycles. The van der Waals surface area contributed by atoms with Crippen molar-refractivity contribution in [3.63, 3.8) is 0 Å². The second-order valence-corrected chi connectivity index (χ2v) is 4.69. The van der Waals surface area contributed by atoms with Gasteiger partial charge in [-0.1, -0.05) is 11.6 Å². The third kappa shape index (κ3) is 3.13. The molecule has 1 aromatic heterocycles. The van der Waals surface area contributed by atoms with Gasteiger partial charge in [-0.2, -0.15) is 13.2 Å². The summed E-state index contributed by atoms with van der Waals surface area (Å²) < 4.78 is 42.5. The zero-order chi connectivity index (χ0) is 14.9. The van der Waals surface area contributed by atoms with E-state index in [1.54, 1.807) is 0 Å². The van der Waals surface area contributed by atoms with Gasteiger partial charge in [0, 0.05) is 12.8 Å². The molecular weight excluding hydrogens is 299 g/mol. The van der Waals surface area contributed by atoms with Crippen LogP contribution in [0.15, 0.2) is 12.3 Å². The molecular formula is C11H11ClF3N3O2. The smallest absolute Gasteiger partial charge is 0.367 e. The Hall–Kier alpha value is -1.54. The molecule has 1 fully saturated rings. The maximum absolute atomic E-state index is 12.5. The number of nitrogens with two attached hydrogens (primary N) is 1. The molecule has 0 saturated carbocycles. The molecule has 2 rings (SSSR count). The number of pyridine rings is 1. The van der Waals surface area contributed by atoms with Crippen molar-refractivity contribution < 1.29 is 22.7 Å². The minimum absolute atomic E-state index is 0.0569. The van der Waals surface area contributed by atoms with Crippen LogP contribution in [0.2, 0.25) is 5.02 Å². The van der Waals surface area contributed by atoms with Gasteiger partial charge in [-0.05, 0) is 12.5 Å². The number of hydrogen-bond donors (Lipinski definition) is 2. The summed E-state index contributed by atoms with van der Waals surface area (Å²) in [7, 11) is 0. The second kappa shape index (κ2) is 5.45. The van der Waals surface area contributed by atoms with E-state index in [4.69, 9.17) is 22.1 Å². The van der Waals surface area contributed by atoms with Gasteiger partial charge in [-0.3, -0.25) is 4.79 Å². The number of amides is 1. The number of carbonyl (C=O) groups is 1. The second-order valence-electron chi connectivity index (χ2n) is 4.29. The van der Waals surface area contributed by atoms with Gasteiger partial charge in [-0.25, -0.2) is 4.98 Å². The highest BCUT2D eigenvalue weighted by atomic mass is 35.5.